The minimum Gasteiger partial charge on any atom is -0.394 e. The molecule has 1 aliphatic rings. The Bertz CT molecular complexity index is 992. The van der Waals surface area contributed by atoms with Crippen molar-refractivity contribution in [3.05, 3.63) is 36.5 Å². The summed E-state index contributed by atoms with van der Waals surface area (Å²) in [4.78, 5) is 13.0. The maximum atomic E-state index is 13.0. The maximum Gasteiger partial charge on any atom is 0.249 e. The number of carbonyl (C=O) groups is 1. The van der Waals surface area contributed by atoms with Gasteiger partial charge in [0.15, 0.2) is 6.29 Å². The highest BCUT2D eigenvalue weighted by molar-refractivity contribution is 5.80. The second-order valence-electron chi connectivity index (χ2n) is 15.4. The first kappa shape index (κ1) is 51.3. The molecule has 8 N–H and O–H groups in total. The van der Waals surface area contributed by atoms with Crippen molar-refractivity contribution in [1.82, 2.24) is 5.32 Å². The molecule has 1 aliphatic heterocycles. The normalized spacial score (nSPS) is 22.8. The van der Waals surface area contributed by atoms with Crippen LogP contribution < -0.4 is 5.32 Å². The van der Waals surface area contributed by atoms with Crippen LogP contribution in [0.15, 0.2) is 36.5 Å². The molecule has 55 heavy (non-hydrogen) atoms. The van der Waals surface area contributed by atoms with Gasteiger partial charge in [0.1, 0.15) is 36.6 Å². The molecule has 0 aromatic carbocycles. The summed E-state index contributed by atoms with van der Waals surface area (Å²) in [5, 5.41) is 75.2. The Labute approximate surface area is 333 Å². The second-order valence-corrected chi connectivity index (χ2v) is 15.4. The number of carbonyl (C=O) groups excluding carboxylic acids is 1. The lowest BCUT2D eigenvalue weighted by Crippen LogP contribution is -2.60. The van der Waals surface area contributed by atoms with Crippen LogP contribution in [0.2, 0.25) is 0 Å². The molecule has 11 heteroatoms. The predicted octanol–water partition coefficient (Wildman–Crippen LogP) is 6.44. The van der Waals surface area contributed by atoms with E-state index in [1.807, 2.05) is 19.1 Å². The molecule has 11 nitrogen and oxygen atoms in total. The van der Waals surface area contributed by atoms with Gasteiger partial charge >= 0.3 is 0 Å². The molecular weight excluding hydrogens is 702 g/mol. The van der Waals surface area contributed by atoms with Crippen LogP contribution in [0.1, 0.15) is 168 Å². The highest BCUT2D eigenvalue weighted by atomic mass is 16.7. The number of rotatable bonds is 35. The Balaban J connectivity index is 2.41. The van der Waals surface area contributed by atoms with Gasteiger partial charge in [0.2, 0.25) is 5.91 Å². The van der Waals surface area contributed by atoms with Crippen LogP contribution in [0.3, 0.4) is 0 Å². The first-order valence-electron chi connectivity index (χ1n) is 21.9. The van der Waals surface area contributed by atoms with Gasteiger partial charge in [0, 0.05) is 0 Å². The first-order chi connectivity index (χ1) is 26.7. The van der Waals surface area contributed by atoms with E-state index in [4.69, 9.17) is 9.47 Å². The standard InChI is InChI=1S/C44H81NO10/c1-3-5-7-9-11-13-14-15-16-17-18-19-20-21-22-23-24-26-28-30-32-37(48)43(53)45-35(34-54-44-42(52)41(51)40(50)38(33-46)55-44)39(49)36(47)31-29-27-25-12-10-8-6-4-2/h4,6,12,19-20,25,35-42,44,46-52H,3,5,7-11,13-18,21-24,26-34H2,1-2H3,(H,45,53)/b6-4+,20-19-,25-12+. The number of ether oxygens (including phenoxy) is 2. The third-order valence-corrected chi connectivity index (χ3v) is 10.5. The van der Waals surface area contributed by atoms with Crippen LogP contribution >= 0.6 is 0 Å². The van der Waals surface area contributed by atoms with Crippen LogP contribution in [0.25, 0.3) is 0 Å². The lowest BCUT2D eigenvalue weighted by atomic mass is 9.98. The zero-order valence-corrected chi connectivity index (χ0v) is 34.4. The molecule has 1 rings (SSSR count). The molecular formula is C44H81NO10. The molecule has 0 aromatic heterocycles. The second kappa shape index (κ2) is 34.4. The van der Waals surface area contributed by atoms with E-state index < -0.39 is 74.2 Å². The molecule has 322 valence electrons. The van der Waals surface area contributed by atoms with Crippen LogP contribution in [0, 0.1) is 0 Å². The van der Waals surface area contributed by atoms with Gasteiger partial charge < -0.3 is 50.5 Å². The van der Waals surface area contributed by atoms with Gasteiger partial charge in [-0.05, 0) is 71.1 Å². The summed E-state index contributed by atoms with van der Waals surface area (Å²) >= 11 is 0. The van der Waals surface area contributed by atoms with E-state index in [0.29, 0.717) is 19.3 Å². The first-order valence-corrected chi connectivity index (χ1v) is 21.9. The number of hydrogen-bond acceptors (Lipinski definition) is 10. The van der Waals surface area contributed by atoms with Crippen LogP contribution in [-0.2, 0) is 14.3 Å². The predicted molar refractivity (Wildman–Crippen MR) is 219 cm³/mol. The minimum absolute atomic E-state index is 0.241. The molecule has 1 heterocycles. The van der Waals surface area contributed by atoms with Crippen molar-refractivity contribution in [2.45, 2.75) is 223 Å². The summed E-state index contributed by atoms with van der Waals surface area (Å²) in [6.45, 7) is 3.15. The van der Waals surface area contributed by atoms with Gasteiger partial charge in [-0.15, -0.1) is 0 Å². The fraction of sp³-hybridized carbons (Fsp3) is 0.841. The number of amides is 1. The number of aliphatic hydroxyl groups excluding tert-OH is 7. The largest absolute Gasteiger partial charge is 0.394 e. The van der Waals surface area contributed by atoms with Crippen molar-refractivity contribution in [3.63, 3.8) is 0 Å². The summed E-state index contributed by atoms with van der Waals surface area (Å²) in [7, 11) is 0. The Kier molecular flexibility index (Phi) is 32.1. The van der Waals surface area contributed by atoms with Crippen molar-refractivity contribution in [2.24, 2.45) is 0 Å². The molecule has 0 bridgehead atoms. The van der Waals surface area contributed by atoms with E-state index in [1.165, 1.54) is 70.6 Å². The number of unbranched alkanes of at least 4 members (excludes halogenated alkanes) is 18. The summed E-state index contributed by atoms with van der Waals surface area (Å²) in [5.41, 5.74) is 0. The van der Waals surface area contributed by atoms with E-state index in [1.54, 1.807) is 0 Å². The number of nitrogens with one attached hydrogen (secondary N) is 1. The summed E-state index contributed by atoms with van der Waals surface area (Å²) in [5.74, 6) is -0.720. The van der Waals surface area contributed by atoms with Crippen LogP contribution in [0.4, 0.5) is 0 Å². The van der Waals surface area contributed by atoms with E-state index >= 15 is 0 Å². The molecule has 1 amide bonds. The quantitative estimate of drug-likeness (QED) is 0.0262. The summed E-state index contributed by atoms with van der Waals surface area (Å²) < 4.78 is 11.0. The van der Waals surface area contributed by atoms with Gasteiger partial charge in [0.25, 0.3) is 0 Å². The van der Waals surface area contributed by atoms with Crippen molar-refractivity contribution in [3.8, 4) is 0 Å². The Morgan fingerprint density at radius 3 is 1.73 bits per heavy atom. The fourth-order valence-corrected chi connectivity index (χ4v) is 6.81. The van der Waals surface area contributed by atoms with Crippen molar-refractivity contribution in [1.29, 1.82) is 0 Å². The Morgan fingerprint density at radius 2 is 1.16 bits per heavy atom. The third kappa shape index (κ3) is 24.7. The minimum atomic E-state index is -1.67. The highest BCUT2D eigenvalue weighted by Crippen LogP contribution is 2.23. The van der Waals surface area contributed by atoms with E-state index in [9.17, 15) is 40.5 Å². The monoisotopic (exact) mass is 784 g/mol. The molecule has 1 saturated heterocycles. The Morgan fingerprint density at radius 1 is 0.655 bits per heavy atom. The molecule has 0 spiro atoms. The van der Waals surface area contributed by atoms with Crippen molar-refractivity contribution < 1.29 is 50.0 Å². The SMILES string of the molecule is C/C=C/CC/C=C/CCCC(O)C(O)C(COC1OC(CO)C(O)C(O)C1O)NC(=O)C(O)CCCCCCCC/C=C\CCCCCCCCCCCC. The maximum absolute atomic E-state index is 13.0. The van der Waals surface area contributed by atoms with E-state index in [0.717, 1.165) is 51.4 Å². The zero-order chi connectivity index (χ0) is 40.5. The van der Waals surface area contributed by atoms with Crippen molar-refractivity contribution in [2.75, 3.05) is 13.2 Å². The topological polar surface area (TPSA) is 189 Å². The molecule has 9 atom stereocenters. The molecule has 1 fully saturated rings. The van der Waals surface area contributed by atoms with E-state index in [2.05, 4.69) is 36.5 Å². The smallest absolute Gasteiger partial charge is 0.249 e. The van der Waals surface area contributed by atoms with Crippen molar-refractivity contribution >= 4 is 5.91 Å². The molecule has 0 radical (unpaired) electrons. The number of hydrogen-bond donors (Lipinski definition) is 8. The highest BCUT2D eigenvalue weighted by Gasteiger charge is 2.44. The van der Waals surface area contributed by atoms with Gasteiger partial charge in [-0.2, -0.15) is 0 Å². The number of aliphatic hydroxyl groups is 7. The Hall–Kier alpha value is -1.67. The lowest BCUT2D eigenvalue weighted by Gasteiger charge is -2.40. The lowest BCUT2D eigenvalue weighted by molar-refractivity contribution is -0.303. The van der Waals surface area contributed by atoms with E-state index in [-0.39, 0.29) is 12.8 Å². The van der Waals surface area contributed by atoms with Gasteiger partial charge in [-0.3, -0.25) is 4.79 Å². The van der Waals surface area contributed by atoms with Gasteiger partial charge in [0.05, 0.1) is 25.4 Å². The molecule has 0 aromatic rings. The van der Waals surface area contributed by atoms with Gasteiger partial charge in [-0.1, -0.05) is 133 Å². The molecule has 0 aliphatic carbocycles. The van der Waals surface area contributed by atoms with Crippen LogP contribution in [-0.4, -0.2) is 110 Å². The average Bonchev–Trinajstić information content (AvgIpc) is 3.18. The van der Waals surface area contributed by atoms with Gasteiger partial charge in [-0.25, -0.2) is 0 Å². The average molecular weight is 784 g/mol. The molecule has 0 saturated carbocycles. The zero-order valence-electron chi connectivity index (χ0n) is 34.4. The van der Waals surface area contributed by atoms with Crippen LogP contribution in [0.5, 0.6) is 0 Å². The fourth-order valence-electron chi connectivity index (χ4n) is 6.81. The number of allylic oxidation sites excluding steroid dienone is 6. The third-order valence-electron chi connectivity index (χ3n) is 10.5. The summed E-state index contributed by atoms with van der Waals surface area (Å²) in [6, 6.07) is -1.19. The summed E-state index contributed by atoms with van der Waals surface area (Å²) in [6.07, 6.45) is 26.7. The molecule has 9 unspecified atom stereocenters.